The van der Waals surface area contributed by atoms with Gasteiger partial charge in [-0.25, -0.2) is 0 Å². The van der Waals surface area contributed by atoms with Crippen molar-refractivity contribution in [1.82, 2.24) is 4.90 Å². The van der Waals surface area contributed by atoms with Gasteiger partial charge < -0.3 is 4.90 Å². The molecule has 0 unspecified atom stereocenters. The van der Waals surface area contributed by atoms with Crippen LogP contribution in [0.2, 0.25) is 0 Å². The maximum absolute atomic E-state index is 5.68. The van der Waals surface area contributed by atoms with Crippen molar-refractivity contribution in [2.45, 2.75) is 89.9 Å². The van der Waals surface area contributed by atoms with Gasteiger partial charge in [0.25, 0.3) is 0 Å². The minimum atomic E-state index is 0.840. The summed E-state index contributed by atoms with van der Waals surface area (Å²) in [7, 11) is 0. The van der Waals surface area contributed by atoms with Gasteiger partial charge in [0.15, 0.2) is 0 Å². The van der Waals surface area contributed by atoms with Gasteiger partial charge in [0, 0.05) is 19.0 Å². The lowest BCUT2D eigenvalue weighted by Gasteiger charge is -2.20. The Bertz CT molecular complexity index is 298. The molecule has 0 amide bonds. The summed E-state index contributed by atoms with van der Waals surface area (Å²) in [5, 5.41) is 0. The van der Waals surface area contributed by atoms with Gasteiger partial charge in [-0.15, -0.1) is 11.6 Å². The lowest BCUT2D eigenvalue weighted by atomic mass is 10.0. The summed E-state index contributed by atoms with van der Waals surface area (Å²) in [6.45, 7) is 2.33. The van der Waals surface area contributed by atoms with Crippen LogP contribution in [0.5, 0.6) is 0 Å². The fraction of sp³-hybridized carbons (Fsp3) is 0.810. The van der Waals surface area contributed by atoms with E-state index in [-0.39, 0.29) is 0 Å². The SMILES string of the molecule is ClCCCCCCCCCCCCCCCCN1C=CC=CC1. The molecule has 0 aromatic heterocycles. The topological polar surface area (TPSA) is 3.24 Å². The first-order chi connectivity index (χ1) is 11.4. The Kier molecular flexibility index (Phi) is 14.7. The molecule has 0 atom stereocenters. The molecule has 0 bridgehead atoms. The summed E-state index contributed by atoms with van der Waals surface area (Å²) >= 11 is 5.68. The van der Waals surface area contributed by atoms with E-state index in [0.29, 0.717) is 0 Å². The molecule has 0 radical (unpaired) electrons. The van der Waals surface area contributed by atoms with E-state index in [4.69, 9.17) is 11.6 Å². The summed E-state index contributed by atoms with van der Waals surface area (Å²) < 4.78 is 0. The van der Waals surface area contributed by atoms with Gasteiger partial charge in [-0.3, -0.25) is 0 Å². The maximum Gasteiger partial charge on any atom is 0.0357 e. The molecule has 1 aliphatic rings. The van der Waals surface area contributed by atoms with Gasteiger partial charge in [0.1, 0.15) is 0 Å². The predicted molar refractivity (Wildman–Crippen MR) is 105 cm³/mol. The molecule has 1 nitrogen and oxygen atoms in total. The highest BCUT2D eigenvalue weighted by atomic mass is 35.5. The zero-order valence-corrected chi connectivity index (χ0v) is 15.9. The minimum Gasteiger partial charge on any atom is -0.374 e. The van der Waals surface area contributed by atoms with Crippen LogP contribution in [-0.4, -0.2) is 23.9 Å². The molecule has 0 aromatic rings. The summed E-state index contributed by atoms with van der Waals surface area (Å²) in [5.41, 5.74) is 0. The number of allylic oxidation sites excluding steroid dienone is 2. The zero-order valence-electron chi connectivity index (χ0n) is 15.2. The molecule has 0 saturated heterocycles. The Morgan fingerprint density at radius 1 is 0.609 bits per heavy atom. The van der Waals surface area contributed by atoms with Crippen molar-refractivity contribution in [2.24, 2.45) is 0 Å². The number of rotatable bonds is 16. The molecular weight excluding hydrogens is 302 g/mol. The molecule has 0 spiro atoms. The predicted octanol–water partition coefficient (Wildman–Crippen LogP) is 7.07. The second-order valence-corrected chi connectivity index (χ2v) is 7.28. The number of unbranched alkanes of at least 4 members (excludes halogenated alkanes) is 13. The van der Waals surface area contributed by atoms with Gasteiger partial charge in [-0.05, 0) is 25.1 Å². The van der Waals surface area contributed by atoms with Crippen molar-refractivity contribution >= 4 is 11.6 Å². The van der Waals surface area contributed by atoms with Crippen molar-refractivity contribution in [1.29, 1.82) is 0 Å². The van der Waals surface area contributed by atoms with Gasteiger partial charge in [0.2, 0.25) is 0 Å². The molecule has 0 saturated carbocycles. The highest BCUT2D eigenvalue weighted by molar-refractivity contribution is 6.17. The first-order valence-electron chi connectivity index (χ1n) is 10.1. The second kappa shape index (κ2) is 16.4. The van der Waals surface area contributed by atoms with E-state index in [0.717, 1.165) is 12.4 Å². The molecule has 0 aliphatic carbocycles. The normalized spacial score (nSPS) is 13.9. The van der Waals surface area contributed by atoms with Crippen LogP contribution in [0, 0.1) is 0 Å². The Morgan fingerprint density at radius 2 is 1.09 bits per heavy atom. The first-order valence-corrected chi connectivity index (χ1v) is 10.6. The third kappa shape index (κ3) is 13.7. The summed E-state index contributed by atoms with van der Waals surface area (Å²) in [6, 6.07) is 0. The van der Waals surface area contributed by atoms with E-state index >= 15 is 0 Å². The lowest BCUT2D eigenvalue weighted by molar-refractivity contribution is 0.392. The number of alkyl halides is 1. The van der Waals surface area contributed by atoms with Crippen molar-refractivity contribution in [3.63, 3.8) is 0 Å². The molecule has 1 aliphatic heterocycles. The molecule has 0 aromatic carbocycles. The fourth-order valence-corrected chi connectivity index (χ4v) is 3.39. The Hall–Kier alpha value is -0.430. The molecule has 0 N–H and O–H groups in total. The number of nitrogens with zero attached hydrogens (tertiary/aromatic N) is 1. The smallest absolute Gasteiger partial charge is 0.0357 e. The molecule has 2 heteroatoms. The highest BCUT2D eigenvalue weighted by Gasteiger charge is 1.99. The van der Waals surface area contributed by atoms with Crippen LogP contribution in [0.15, 0.2) is 24.4 Å². The van der Waals surface area contributed by atoms with E-state index in [9.17, 15) is 0 Å². The second-order valence-electron chi connectivity index (χ2n) is 6.90. The third-order valence-electron chi connectivity index (χ3n) is 4.71. The molecule has 23 heavy (non-hydrogen) atoms. The van der Waals surface area contributed by atoms with Gasteiger partial charge in [-0.1, -0.05) is 89.2 Å². The van der Waals surface area contributed by atoms with Crippen molar-refractivity contribution in [3.8, 4) is 0 Å². The molecule has 1 rings (SSSR count). The highest BCUT2D eigenvalue weighted by Crippen LogP contribution is 2.13. The monoisotopic (exact) mass is 339 g/mol. The van der Waals surface area contributed by atoms with Crippen LogP contribution in [0.3, 0.4) is 0 Å². The zero-order chi connectivity index (χ0) is 16.4. The molecule has 134 valence electrons. The lowest BCUT2D eigenvalue weighted by Crippen LogP contribution is -2.19. The Morgan fingerprint density at radius 3 is 1.52 bits per heavy atom. The van der Waals surface area contributed by atoms with Crippen LogP contribution < -0.4 is 0 Å². The van der Waals surface area contributed by atoms with E-state index in [1.807, 2.05) is 0 Å². The van der Waals surface area contributed by atoms with Crippen molar-refractivity contribution < 1.29 is 0 Å². The summed E-state index contributed by atoms with van der Waals surface area (Å²) in [5.74, 6) is 0.840. The van der Waals surface area contributed by atoms with Crippen LogP contribution in [0.4, 0.5) is 0 Å². The van der Waals surface area contributed by atoms with E-state index in [1.54, 1.807) is 0 Å². The van der Waals surface area contributed by atoms with Gasteiger partial charge in [0.05, 0.1) is 0 Å². The fourth-order valence-electron chi connectivity index (χ4n) is 3.20. The minimum absolute atomic E-state index is 0.840. The standard InChI is InChI=1S/C21H38ClN/c22-18-14-11-9-7-5-3-1-2-4-6-8-10-12-15-19-23-20-16-13-17-21-23/h13,16-17,20H,1-12,14-15,18-19,21H2. The quantitative estimate of drug-likeness (QED) is 0.214. The number of hydrogen-bond acceptors (Lipinski definition) is 1. The maximum atomic E-state index is 5.68. The largest absolute Gasteiger partial charge is 0.374 e. The first kappa shape index (κ1) is 20.6. The van der Waals surface area contributed by atoms with Crippen LogP contribution in [0.1, 0.15) is 89.9 Å². The van der Waals surface area contributed by atoms with Crippen LogP contribution in [-0.2, 0) is 0 Å². The third-order valence-corrected chi connectivity index (χ3v) is 4.98. The summed E-state index contributed by atoms with van der Waals surface area (Å²) in [4.78, 5) is 2.41. The molecule has 1 heterocycles. The number of hydrogen-bond donors (Lipinski definition) is 0. The van der Waals surface area contributed by atoms with Crippen molar-refractivity contribution in [3.05, 3.63) is 24.4 Å². The molecular formula is C21H38ClN. The van der Waals surface area contributed by atoms with E-state index in [1.165, 1.54) is 96.4 Å². The van der Waals surface area contributed by atoms with Gasteiger partial charge in [-0.2, -0.15) is 0 Å². The van der Waals surface area contributed by atoms with Crippen LogP contribution in [0.25, 0.3) is 0 Å². The van der Waals surface area contributed by atoms with E-state index < -0.39 is 0 Å². The average molecular weight is 340 g/mol. The van der Waals surface area contributed by atoms with Gasteiger partial charge >= 0.3 is 0 Å². The van der Waals surface area contributed by atoms with Crippen molar-refractivity contribution in [2.75, 3.05) is 19.0 Å². The average Bonchev–Trinajstić information content (AvgIpc) is 2.59. The summed E-state index contributed by atoms with van der Waals surface area (Å²) in [6.07, 6.45) is 28.3. The van der Waals surface area contributed by atoms with Crippen LogP contribution >= 0.6 is 11.6 Å². The molecule has 0 fully saturated rings. The Labute approximate surface area is 150 Å². The Balaban J connectivity index is 1.68. The number of halogens is 1. The van der Waals surface area contributed by atoms with E-state index in [2.05, 4.69) is 29.3 Å².